The van der Waals surface area contributed by atoms with Crippen molar-refractivity contribution < 1.29 is 9.90 Å². The van der Waals surface area contributed by atoms with E-state index in [1.807, 2.05) is 44.3 Å². The van der Waals surface area contributed by atoms with Crippen molar-refractivity contribution in [2.24, 2.45) is 7.05 Å². The second-order valence-corrected chi connectivity index (χ2v) is 7.26. The first kappa shape index (κ1) is 19.0. The molecule has 0 unspecified atom stereocenters. The van der Waals surface area contributed by atoms with Crippen molar-refractivity contribution >= 4 is 16.9 Å². The average molecular weight is 366 g/mol. The summed E-state index contributed by atoms with van der Waals surface area (Å²) in [6.07, 6.45) is -0.498. The lowest BCUT2D eigenvalue weighted by atomic mass is 10.0. The minimum atomic E-state index is -0.498. The number of benzene rings is 1. The molecule has 2 heterocycles. The van der Waals surface area contributed by atoms with Gasteiger partial charge in [0, 0.05) is 19.3 Å². The van der Waals surface area contributed by atoms with Gasteiger partial charge in [-0.25, -0.2) is 4.98 Å². The molecule has 0 radical (unpaired) electrons. The Labute approximate surface area is 159 Å². The van der Waals surface area contributed by atoms with Crippen LogP contribution in [0.15, 0.2) is 30.3 Å². The molecule has 0 fully saturated rings. The zero-order valence-electron chi connectivity index (χ0n) is 16.4. The summed E-state index contributed by atoms with van der Waals surface area (Å²) in [4.78, 5) is 17.6. The molecule has 3 rings (SSSR count). The number of rotatable bonds is 5. The van der Waals surface area contributed by atoms with Crippen LogP contribution in [0.1, 0.15) is 65.7 Å². The Balaban J connectivity index is 1.88. The van der Waals surface area contributed by atoms with E-state index in [4.69, 9.17) is 0 Å². The standard InChI is InChI=1S/C21H26N4O2/c1-12(2)18-10-17(19-13(3)24-25(5)20(19)23-18)21(27)22-11-15-6-8-16(9-7-15)14(4)26/h6-10,12,14,26H,11H2,1-5H3,(H,22,27)/t14-/m0/s1. The third kappa shape index (κ3) is 3.85. The molecule has 6 nitrogen and oxygen atoms in total. The Morgan fingerprint density at radius 1 is 1.22 bits per heavy atom. The zero-order chi connectivity index (χ0) is 19.7. The Bertz CT molecular complexity index is 972. The molecular weight excluding hydrogens is 340 g/mol. The number of carbonyl (C=O) groups excluding carboxylic acids is 1. The van der Waals surface area contributed by atoms with Gasteiger partial charge in [-0.05, 0) is 37.0 Å². The number of hydrogen-bond acceptors (Lipinski definition) is 4. The van der Waals surface area contributed by atoms with E-state index in [2.05, 4.69) is 29.2 Å². The van der Waals surface area contributed by atoms with Crippen LogP contribution in [0.25, 0.3) is 11.0 Å². The predicted molar refractivity (Wildman–Crippen MR) is 106 cm³/mol. The highest BCUT2D eigenvalue weighted by Gasteiger charge is 2.19. The van der Waals surface area contributed by atoms with E-state index in [-0.39, 0.29) is 11.8 Å². The fourth-order valence-electron chi connectivity index (χ4n) is 3.13. The second kappa shape index (κ2) is 7.48. The molecule has 0 aliphatic carbocycles. The number of aliphatic hydroxyl groups is 1. The Kier molecular flexibility index (Phi) is 5.28. The molecule has 1 aromatic carbocycles. The van der Waals surface area contributed by atoms with E-state index < -0.39 is 6.10 Å². The number of carbonyl (C=O) groups is 1. The van der Waals surface area contributed by atoms with Gasteiger partial charge >= 0.3 is 0 Å². The number of fused-ring (bicyclic) bond motifs is 1. The van der Waals surface area contributed by atoms with Gasteiger partial charge in [0.25, 0.3) is 5.91 Å². The summed E-state index contributed by atoms with van der Waals surface area (Å²) in [6, 6.07) is 9.45. The van der Waals surface area contributed by atoms with Crippen LogP contribution < -0.4 is 5.32 Å². The van der Waals surface area contributed by atoms with Gasteiger partial charge in [-0.1, -0.05) is 38.1 Å². The molecule has 0 aliphatic rings. The molecule has 0 bridgehead atoms. The third-order valence-electron chi connectivity index (χ3n) is 4.74. The summed E-state index contributed by atoms with van der Waals surface area (Å²) >= 11 is 0. The number of aliphatic hydroxyl groups excluding tert-OH is 1. The highest BCUT2D eigenvalue weighted by molar-refractivity contribution is 6.06. The number of aryl methyl sites for hydroxylation is 2. The van der Waals surface area contributed by atoms with Gasteiger partial charge in [0.1, 0.15) is 0 Å². The summed E-state index contributed by atoms with van der Waals surface area (Å²) in [5, 5.41) is 17.8. The summed E-state index contributed by atoms with van der Waals surface area (Å²) in [7, 11) is 1.85. The molecule has 2 N–H and O–H groups in total. The van der Waals surface area contributed by atoms with Crippen LogP contribution in [0.2, 0.25) is 0 Å². The van der Waals surface area contributed by atoms with Gasteiger partial charge < -0.3 is 10.4 Å². The number of amides is 1. The van der Waals surface area contributed by atoms with Gasteiger partial charge in [0.05, 0.1) is 22.7 Å². The van der Waals surface area contributed by atoms with Crippen molar-refractivity contribution in [1.82, 2.24) is 20.1 Å². The van der Waals surface area contributed by atoms with Crippen molar-refractivity contribution in [3.8, 4) is 0 Å². The smallest absolute Gasteiger partial charge is 0.252 e. The van der Waals surface area contributed by atoms with Crippen LogP contribution in [0.3, 0.4) is 0 Å². The van der Waals surface area contributed by atoms with E-state index in [1.54, 1.807) is 11.6 Å². The highest BCUT2D eigenvalue weighted by Crippen LogP contribution is 2.25. The third-order valence-corrected chi connectivity index (χ3v) is 4.74. The maximum absolute atomic E-state index is 12.9. The number of aromatic nitrogens is 3. The molecule has 2 aromatic heterocycles. The first-order chi connectivity index (χ1) is 12.8. The van der Waals surface area contributed by atoms with Gasteiger partial charge in [-0.3, -0.25) is 9.48 Å². The highest BCUT2D eigenvalue weighted by atomic mass is 16.3. The molecule has 0 aliphatic heterocycles. The quantitative estimate of drug-likeness (QED) is 0.725. The predicted octanol–water partition coefficient (Wildman–Crippen LogP) is 3.38. The number of hydrogen-bond donors (Lipinski definition) is 2. The monoisotopic (exact) mass is 366 g/mol. The zero-order valence-corrected chi connectivity index (χ0v) is 16.4. The van der Waals surface area contributed by atoms with E-state index in [0.717, 1.165) is 33.5 Å². The normalized spacial score (nSPS) is 12.6. The van der Waals surface area contributed by atoms with Crippen LogP contribution in [0.4, 0.5) is 0 Å². The van der Waals surface area contributed by atoms with Gasteiger partial charge in [-0.2, -0.15) is 5.10 Å². The average Bonchev–Trinajstić information content (AvgIpc) is 2.93. The molecule has 1 amide bonds. The van der Waals surface area contributed by atoms with Crippen LogP contribution in [-0.2, 0) is 13.6 Å². The minimum absolute atomic E-state index is 0.139. The molecule has 0 spiro atoms. The topological polar surface area (TPSA) is 80.0 Å². The van der Waals surface area contributed by atoms with Crippen LogP contribution >= 0.6 is 0 Å². The fraction of sp³-hybridized carbons (Fsp3) is 0.381. The molecule has 142 valence electrons. The van der Waals surface area contributed by atoms with Crippen molar-refractivity contribution in [2.45, 2.75) is 46.3 Å². The van der Waals surface area contributed by atoms with E-state index in [0.29, 0.717) is 12.1 Å². The Hall–Kier alpha value is -2.73. The molecule has 3 aromatic rings. The minimum Gasteiger partial charge on any atom is -0.389 e. The number of pyridine rings is 1. The van der Waals surface area contributed by atoms with Crippen molar-refractivity contribution in [3.05, 3.63) is 58.4 Å². The maximum Gasteiger partial charge on any atom is 0.252 e. The molecule has 6 heteroatoms. The summed E-state index contributed by atoms with van der Waals surface area (Å²) in [6.45, 7) is 8.16. The molecule has 0 saturated carbocycles. The van der Waals surface area contributed by atoms with Gasteiger partial charge in [-0.15, -0.1) is 0 Å². The summed E-state index contributed by atoms with van der Waals surface area (Å²) in [5.41, 5.74) is 4.83. The molecule has 1 atom stereocenters. The van der Waals surface area contributed by atoms with Crippen LogP contribution in [0.5, 0.6) is 0 Å². The number of nitrogens with zero attached hydrogens (tertiary/aromatic N) is 3. The van der Waals surface area contributed by atoms with Crippen LogP contribution in [0, 0.1) is 6.92 Å². The Morgan fingerprint density at radius 2 is 1.89 bits per heavy atom. The molecule has 27 heavy (non-hydrogen) atoms. The second-order valence-electron chi connectivity index (χ2n) is 7.26. The maximum atomic E-state index is 12.9. The first-order valence-corrected chi connectivity index (χ1v) is 9.17. The fourth-order valence-corrected chi connectivity index (χ4v) is 3.13. The molecular formula is C21H26N4O2. The number of nitrogens with one attached hydrogen (secondary N) is 1. The Morgan fingerprint density at radius 3 is 2.48 bits per heavy atom. The van der Waals surface area contributed by atoms with E-state index in [1.165, 1.54) is 0 Å². The lowest BCUT2D eigenvalue weighted by molar-refractivity contribution is 0.0952. The van der Waals surface area contributed by atoms with Crippen molar-refractivity contribution in [1.29, 1.82) is 0 Å². The van der Waals surface area contributed by atoms with Gasteiger partial charge in [0.2, 0.25) is 0 Å². The largest absolute Gasteiger partial charge is 0.389 e. The summed E-state index contributed by atoms with van der Waals surface area (Å²) in [5.74, 6) is 0.0733. The van der Waals surface area contributed by atoms with Crippen molar-refractivity contribution in [2.75, 3.05) is 0 Å². The van der Waals surface area contributed by atoms with E-state index >= 15 is 0 Å². The van der Waals surface area contributed by atoms with Gasteiger partial charge in [0.15, 0.2) is 5.65 Å². The van der Waals surface area contributed by atoms with E-state index in [9.17, 15) is 9.90 Å². The lowest BCUT2D eigenvalue weighted by Crippen LogP contribution is -2.23. The first-order valence-electron chi connectivity index (χ1n) is 9.17. The lowest BCUT2D eigenvalue weighted by Gasteiger charge is -2.11. The van der Waals surface area contributed by atoms with Crippen molar-refractivity contribution in [3.63, 3.8) is 0 Å². The molecule has 0 saturated heterocycles. The van der Waals surface area contributed by atoms with Crippen LogP contribution in [-0.4, -0.2) is 25.8 Å². The SMILES string of the molecule is Cc1nn(C)c2nc(C(C)C)cc(C(=O)NCc3ccc([C@H](C)O)cc3)c12. The summed E-state index contributed by atoms with van der Waals surface area (Å²) < 4.78 is 1.72.